The van der Waals surface area contributed by atoms with Crippen molar-refractivity contribution in [3.8, 4) is 0 Å². The highest BCUT2D eigenvalue weighted by atomic mass is 15.7. The average Bonchev–Trinajstić information content (AvgIpc) is 2.76. The molecule has 0 radical (unpaired) electrons. The molecule has 1 spiro atoms. The van der Waals surface area contributed by atoms with Crippen molar-refractivity contribution in [2.75, 3.05) is 37.0 Å². The molecule has 6 nitrogen and oxygen atoms in total. The molecule has 3 aliphatic rings. The van der Waals surface area contributed by atoms with Gasteiger partial charge >= 0.3 is 5.91 Å². The van der Waals surface area contributed by atoms with Gasteiger partial charge in [0.2, 0.25) is 0 Å². The molecule has 0 unspecified atom stereocenters. The normalized spacial score (nSPS) is 19.7. The van der Waals surface area contributed by atoms with Gasteiger partial charge in [0, 0.05) is 37.2 Å². The molecule has 0 atom stereocenters. The maximum absolute atomic E-state index is 5.28. The Morgan fingerprint density at radius 1 is 0.677 bits per heavy atom. The number of fused-ring (bicyclic) bond motifs is 2. The van der Waals surface area contributed by atoms with Gasteiger partial charge in [-0.1, -0.05) is 12.1 Å². The topological polar surface area (TPSA) is 37.2 Å². The van der Waals surface area contributed by atoms with Crippen molar-refractivity contribution in [2.45, 2.75) is 59.3 Å². The largest absolute Gasteiger partial charge is 0.579 e. The molecule has 1 saturated heterocycles. The van der Waals surface area contributed by atoms with Crippen LogP contribution in [0.25, 0.3) is 0 Å². The monoisotopic (exact) mass is 418 g/mol. The molecule has 0 N–H and O–H groups in total. The fraction of sp³-hybridized carbons (Fsp3) is 0.520. The zero-order chi connectivity index (χ0) is 21.9. The summed E-state index contributed by atoms with van der Waals surface area (Å²) in [6.07, 6.45) is 4.74. The summed E-state index contributed by atoms with van der Waals surface area (Å²) < 4.78 is 4.59. The molecule has 0 amide bonds. The smallest absolute Gasteiger partial charge is 0.228 e. The number of hydrogen-bond acceptors (Lipinski definition) is 4. The van der Waals surface area contributed by atoms with Crippen molar-refractivity contribution in [2.24, 2.45) is 10.2 Å². The van der Waals surface area contributed by atoms with Crippen LogP contribution < -0.4 is 9.80 Å². The number of azo groups is 4. The first kappa shape index (κ1) is 20.2. The lowest BCUT2D eigenvalue weighted by Crippen LogP contribution is -2.73. The van der Waals surface area contributed by atoms with Gasteiger partial charge in [-0.05, 0) is 84.3 Å². The van der Waals surface area contributed by atoms with Gasteiger partial charge in [-0.3, -0.25) is 0 Å². The van der Waals surface area contributed by atoms with Crippen molar-refractivity contribution in [3.63, 3.8) is 0 Å². The fourth-order valence-corrected chi connectivity index (χ4v) is 5.92. The van der Waals surface area contributed by atoms with Crippen LogP contribution in [0.15, 0.2) is 34.5 Å². The van der Waals surface area contributed by atoms with Crippen LogP contribution in [0.1, 0.15) is 47.9 Å². The second-order valence-corrected chi connectivity index (χ2v) is 9.48. The van der Waals surface area contributed by atoms with Crippen LogP contribution in [0.4, 0.5) is 22.7 Å². The van der Waals surface area contributed by atoms with Gasteiger partial charge in [0.25, 0.3) is 0 Å². The molecule has 2 aromatic carbocycles. The Morgan fingerprint density at radius 2 is 1.10 bits per heavy atom. The standard InChI is InChI=1S/C25H34N6/c1-17-13-19(3)23-21(15-17)26-30-11-9-7-8-10-12-31-25(30,28(23)5)29(6)24-20(4)14-18(2)16-22(24)27-31/h13-16H,7-12H2,1-6H3/q+2. The summed E-state index contributed by atoms with van der Waals surface area (Å²) in [5.74, 6) is -0.593. The highest BCUT2D eigenvalue weighted by molar-refractivity contribution is 5.76. The number of benzene rings is 2. The third-order valence-corrected chi connectivity index (χ3v) is 7.06. The molecular formula is C25H34N6+2. The first-order valence-corrected chi connectivity index (χ1v) is 11.5. The van der Waals surface area contributed by atoms with Gasteiger partial charge in [0.1, 0.15) is 0 Å². The summed E-state index contributed by atoms with van der Waals surface area (Å²) >= 11 is 0. The van der Waals surface area contributed by atoms with E-state index in [1.54, 1.807) is 0 Å². The zero-order valence-corrected chi connectivity index (χ0v) is 19.7. The van der Waals surface area contributed by atoms with Crippen molar-refractivity contribution >= 4 is 22.7 Å². The molecule has 0 aliphatic carbocycles. The minimum Gasteiger partial charge on any atom is -0.228 e. The van der Waals surface area contributed by atoms with Gasteiger partial charge in [-0.25, -0.2) is 9.80 Å². The molecule has 31 heavy (non-hydrogen) atoms. The van der Waals surface area contributed by atoms with E-state index in [4.69, 9.17) is 10.2 Å². The molecule has 0 bridgehead atoms. The molecule has 2 aromatic rings. The Labute approximate surface area is 185 Å². The lowest BCUT2D eigenvalue weighted by molar-refractivity contribution is -0.876. The molecule has 0 saturated carbocycles. The van der Waals surface area contributed by atoms with Crippen LogP contribution in [0.2, 0.25) is 0 Å². The minimum absolute atomic E-state index is 0.593. The molecule has 6 heteroatoms. The third kappa shape index (κ3) is 2.83. The van der Waals surface area contributed by atoms with Crippen molar-refractivity contribution < 1.29 is 9.39 Å². The van der Waals surface area contributed by atoms with Crippen LogP contribution in [0.3, 0.4) is 0 Å². The minimum atomic E-state index is -0.593. The zero-order valence-electron chi connectivity index (χ0n) is 19.7. The summed E-state index contributed by atoms with van der Waals surface area (Å²) in [6.45, 7) is 10.5. The maximum Gasteiger partial charge on any atom is 0.579 e. The van der Waals surface area contributed by atoms with E-state index >= 15 is 0 Å². The molecule has 3 aliphatic heterocycles. The Balaban J connectivity index is 1.83. The molecule has 0 aromatic heterocycles. The number of nitrogens with zero attached hydrogens (tertiary/aromatic N) is 6. The quantitative estimate of drug-likeness (QED) is 0.500. The molecular weight excluding hydrogens is 384 g/mol. The second kappa shape index (κ2) is 7.14. The molecule has 1 fully saturated rings. The van der Waals surface area contributed by atoms with Crippen LogP contribution in [-0.4, -0.2) is 42.5 Å². The van der Waals surface area contributed by atoms with Gasteiger partial charge in [-0.2, -0.15) is 0 Å². The first-order valence-electron chi connectivity index (χ1n) is 11.5. The van der Waals surface area contributed by atoms with E-state index in [2.05, 4.69) is 85.3 Å². The Bertz CT molecular complexity index is 1040. The predicted molar refractivity (Wildman–Crippen MR) is 124 cm³/mol. The van der Waals surface area contributed by atoms with Crippen LogP contribution in [0, 0.1) is 27.7 Å². The van der Waals surface area contributed by atoms with Gasteiger partial charge in [0.15, 0.2) is 24.5 Å². The molecule has 5 rings (SSSR count). The summed E-state index contributed by atoms with van der Waals surface area (Å²) in [5, 5.41) is 10.6. The SMILES string of the molecule is Cc1cc(C)c2c(c1)N=[N+]1CCCCCC[N+]3=Nc4cc(C)cc(C)c4N(C)C13N2C. The summed E-state index contributed by atoms with van der Waals surface area (Å²) in [4.78, 5) is 4.84. The molecule has 162 valence electrons. The average molecular weight is 419 g/mol. The van der Waals surface area contributed by atoms with Crippen LogP contribution >= 0.6 is 0 Å². The van der Waals surface area contributed by atoms with E-state index in [1.807, 2.05) is 0 Å². The van der Waals surface area contributed by atoms with Gasteiger partial charge < -0.3 is 0 Å². The van der Waals surface area contributed by atoms with Crippen molar-refractivity contribution in [3.05, 3.63) is 46.5 Å². The first-order chi connectivity index (χ1) is 14.8. The summed E-state index contributed by atoms with van der Waals surface area (Å²) in [7, 11) is 4.43. The van der Waals surface area contributed by atoms with E-state index < -0.39 is 5.91 Å². The molecule has 3 heterocycles. The van der Waals surface area contributed by atoms with E-state index in [0.29, 0.717) is 0 Å². The van der Waals surface area contributed by atoms with E-state index in [0.717, 1.165) is 37.3 Å². The number of anilines is 2. The van der Waals surface area contributed by atoms with Crippen molar-refractivity contribution in [1.29, 1.82) is 0 Å². The third-order valence-electron chi connectivity index (χ3n) is 7.06. The number of hydrogen-bond donors (Lipinski definition) is 0. The van der Waals surface area contributed by atoms with Crippen LogP contribution in [-0.2, 0) is 0 Å². The van der Waals surface area contributed by atoms with Gasteiger partial charge in [0.05, 0.1) is 11.4 Å². The predicted octanol–water partition coefficient (Wildman–Crippen LogP) is 5.90. The summed E-state index contributed by atoms with van der Waals surface area (Å²) in [6, 6.07) is 8.95. The Hall–Kier alpha value is -2.76. The van der Waals surface area contributed by atoms with Crippen LogP contribution in [0.5, 0.6) is 0 Å². The Morgan fingerprint density at radius 3 is 1.52 bits per heavy atom. The fourth-order valence-electron chi connectivity index (χ4n) is 5.92. The highest BCUT2D eigenvalue weighted by Crippen LogP contribution is 2.49. The second-order valence-electron chi connectivity index (χ2n) is 9.48. The van der Waals surface area contributed by atoms with E-state index in [1.165, 1.54) is 46.5 Å². The Kier molecular flexibility index (Phi) is 4.65. The van der Waals surface area contributed by atoms with Gasteiger partial charge in [-0.15, -0.1) is 0 Å². The maximum atomic E-state index is 5.28. The number of rotatable bonds is 0. The van der Waals surface area contributed by atoms with Crippen molar-refractivity contribution in [1.82, 2.24) is 0 Å². The summed E-state index contributed by atoms with van der Waals surface area (Å²) in [5.41, 5.74) is 9.54. The van der Waals surface area contributed by atoms with E-state index in [9.17, 15) is 0 Å². The highest BCUT2D eigenvalue weighted by Gasteiger charge is 2.68. The lowest BCUT2D eigenvalue weighted by Gasteiger charge is -2.42. The number of aryl methyl sites for hydroxylation is 4. The lowest BCUT2D eigenvalue weighted by atomic mass is 10.0. The van der Waals surface area contributed by atoms with E-state index in [-0.39, 0.29) is 0 Å².